The van der Waals surface area contributed by atoms with E-state index in [1.807, 2.05) is 49.1 Å². The highest BCUT2D eigenvalue weighted by atomic mass is 16.6. The molecule has 0 saturated carbocycles. The zero-order valence-electron chi connectivity index (χ0n) is 19.5. The Morgan fingerprint density at radius 3 is 2.60 bits per heavy atom. The van der Waals surface area contributed by atoms with E-state index in [0.29, 0.717) is 18.5 Å². The molecule has 182 valence electrons. The van der Waals surface area contributed by atoms with Crippen molar-refractivity contribution in [3.63, 3.8) is 0 Å². The van der Waals surface area contributed by atoms with Crippen molar-refractivity contribution in [2.45, 2.75) is 44.9 Å². The van der Waals surface area contributed by atoms with Gasteiger partial charge in [-0.1, -0.05) is 30.3 Å². The van der Waals surface area contributed by atoms with Crippen LogP contribution in [0.1, 0.15) is 25.0 Å². The highest BCUT2D eigenvalue weighted by Gasteiger charge is 2.64. The van der Waals surface area contributed by atoms with Crippen LogP contribution in [0.2, 0.25) is 0 Å². The van der Waals surface area contributed by atoms with E-state index < -0.39 is 40.3 Å². The number of fused-ring (bicyclic) bond motifs is 4. The topological polar surface area (TPSA) is 122 Å². The van der Waals surface area contributed by atoms with Gasteiger partial charge in [0.1, 0.15) is 0 Å². The number of nitro groups is 1. The molecule has 2 saturated heterocycles. The molecular formula is C25H26N4O6. The summed E-state index contributed by atoms with van der Waals surface area (Å²) in [4.78, 5) is 54.4. The van der Waals surface area contributed by atoms with Gasteiger partial charge in [0.05, 0.1) is 23.2 Å². The normalized spacial score (nSPS) is 27.9. The van der Waals surface area contributed by atoms with Crippen molar-refractivity contribution in [2.75, 3.05) is 18.0 Å². The summed E-state index contributed by atoms with van der Waals surface area (Å²) in [5.74, 6) is -1.29. The molecule has 10 nitrogen and oxygen atoms in total. The molecule has 10 heteroatoms. The number of amides is 4. The lowest BCUT2D eigenvalue weighted by Crippen LogP contribution is -2.75. The van der Waals surface area contributed by atoms with Crippen molar-refractivity contribution in [3.05, 3.63) is 69.8 Å². The lowest BCUT2D eigenvalue weighted by molar-refractivity contribution is -0.384. The molecule has 0 aliphatic carbocycles. The minimum absolute atomic E-state index is 0.0625. The Kier molecular flexibility index (Phi) is 5.55. The lowest BCUT2D eigenvalue weighted by atomic mass is 9.66. The number of nitro benzene ring substituents is 1. The van der Waals surface area contributed by atoms with E-state index in [4.69, 9.17) is 4.74 Å². The number of barbiturate groups is 1. The van der Waals surface area contributed by atoms with Gasteiger partial charge in [0.25, 0.3) is 5.69 Å². The molecule has 35 heavy (non-hydrogen) atoms. The van der Waals surface area contributed by atoms with Crippen molar-refractivity contribution in [2.24, 2.45) is 5.41 Å². The van der Waals surface area contributed by atoms with Crippen LogP contribution in [0.25, 0.3) is 0 Å². The maximum atomic E-state index is 14.1. The van der Waals surface area contributed by atoms with Crippen LogP contribution in [0.15, 0.2) is 48.5 Å². The van der Waals surface area contributed by atoms with Crippen LogP contribution in [-0.2, 0) is 27.2 Å². The highest BCUT2D eigenvalue weighted by molar-refractivity contribution is 6.20. The number of hydrogen-bond acceptors (Lipinski definition) is 7. The van der Waals surface area contributed by atoms with E-state index in [1.54, 1.807) is 6.07 Å². The van der Waals surface area contributed by atoms with E-state index in [0.717, 1.165) is 16.2 Å². The average Bonchev–Trinajstić information content (AvgIpc) is 2.82. The third-order valence-corrected chi connectivity index (χ3v) is 7.20. The maximum absolute atomic E-state index is 14.1. The molecular weight excluding hydrogens is 452 g/mol. The SMILES string of the molecule is C[C@@H]1O[C@@H](C)CN2c3ccc([N+](=O)[O-])cc3C[C@]3(C(=O)NC(=O)N(CCc4ccccc4)C3=O)[C@H]12. The van der Waals surface area contributed by atoms with Gasteiger partial charge >= 0.3 is 6.03 Å². The van der Waals surface area contributed by atoms with Crippen LogP contribution >= 0.6 is 0 Å². The summed E-state index contributed by atoms with van der Waals surface area (Å²) < 4.78 is 6.06. The summed E-state index contributed by atoms with van der Waals surface area (Å²) in [6, 6.07) is 12.5. The van der Waals surface area contributed by atoms with Crippen LogP contribution in [0.4, 0.5) is 16.2 Å². The largest absolute Gasteiger partial charge is 0.372 e. The van der Waals surface area contributed by atoms with Crippen LogP contribution in [0, 0.1) is 15.5 Å². The zero-order valence-corrected chi connectivity index (χ0v) is 19.5. The van der Waals surface area contributed by atoms with Crippen molar-refractivity contribution < 1.29 is 24.0 Å². The fraction of sp³-hybridized carbons (Fsp3) is 0.400. The van der Waals surface area contributed by atoms with Crippen LogP contribution in [0.3, 0.4) is 0 Å². The first-order valence-corrected chi connectivity index (χ1v) is 11.6. The fourth-order valence-electron chi connectivity index (χ4n) is 5.77. The molecule has 1 spiro atoms. The van der Waals surface area contributed by atoms with Gasteiger partial charge in [-0.2, -0.15) is 0 Å². The number of nitrogens with zero attached hydrogens (tertiary/aromatic N) is 3. The van der Waals surface area contributed by atoms with Crippen molar-refractivity contribution in [1.82, 2.24) is 10.2 Å². The second-order valence-electron chi connectivity index (χ2n) is 9.42. The quantitative estimate of drug-likeness (QED) is 0.407. The summed E-state index contributed by atoms with van der Waals surface area (Å²) in [7, 11) is 0. The Bertz CT molecular complexity index is 1220. The van der Waals surface area contributed by atoms with Gasteiger partial charge in [0.2, 0.25) is 11.8 Å². The smallest absolute Gasteiger partial charge is 0.330 e. The molecule has 2 aromatic carbocycles. The minimum Gasteiger partial charge on any atom is -0.372 e. The number of morpholine rings is 1. The number of carbonyl (C=O) groups is 3. The number of nitrogens with one attached hydrogen (secondary N) is 1. The van der Waals surface area contributed by atoms with E-state index in [1.165, 1.54) is 12.1 Å². The first-order chi connectivity index (χ1) is 16.7. The van der Waals surface area contributed by atoms with Crippen molar-refractivity contribution in [1.29, 1.82) is 0 Å². The van der Waals surface area contributed by atoms with E-state index >= 15 is 0 Å². The Hall–Kier alpha value is -3.79. The molecule has 0 bridgehead atoms. The monoisotopic (exact) mass is 478 g/mol. The Morgan fingerprint density at radius 2 is 1.89 bits per heavy atom. The summed E-state index contributed by atoms with van der Waals surface area (Å²) in [5, 5.41) is 13.9. The van der Waals surface area contributed by atoms with Gasteiger partial charge in [-0.15, -0.1) is 0 Å². The molecule has 3 aliphatic rings. The van der Waals surface area contributed by atoms with Crippen LogP contribution in [-0.4, -0.2) is 59.0 Å². The Labute approximate surface area is 202 Å². The molecule has 5 rings (SSSR count). The van der Waals surface area contributed by atoms with Gasteiger partial charge in [-0.05, 0) is 37.5 Å². The molecule has 4 atom stereocenters. The lowest BCUT2D eigenvalue weighted by Gasteiger charge is -2.56. The number of imide groups is 2. The highest BCUT2D eigenvalue weighted by Crippen LogP contribution is 2.48. The first-order valence-electron chi connectivity index (χ1n) is 11.6. The molecule has 0 unspecified atom stereocenters. The molecule has 2 aromatic rings. The Balaban J connectivity index is 1.59. The first kappa shape index (κ1) is 23.0. The summed E-state index contributed by atoms with van der Waals surface area (Å²) in [6.45, 7) is 4.22. The number of ether oxygens (including phenoxy) is 1. The minimum atomic E-state index is -1.66. The van der Waals surface area contributed by atoms with Gasteiger partial charge in [0, 0.05) is 37.3 Å². The predicted molar refractivity (Wildman–Crippen MR) is 126 cm³/mol. The number of non-ortho nitro benzene ring substituents is 1. The van der Waals surface area contributed by atoms with Gasteiger partial charge in [-0.25, -0.2) is 4.79 Å². The van der Waals surface area contributed by atoms with E-state index in [9.17, 15) is 24.5 Å². The number of carbonyl (C=O) groups excluding carboxylic acids is 3. The van der Waals surface area contributed by atoms with Gasteiger partial charge in [-0.3, -0.25) is 29.9 Å². The Morgan fingerprint density at radius 1 is 1.14 bits per heavy atom. The van der Waals surface area contributed by atoms with Crippen LogP contribution < -0.4 is 10.2 Å². The standard InChI is InChI=1S/C25H26N4O6/c1-15-14-28-20-9-8-19(29(33)34)12-18(20)13-25(21(28)16(2)35-15)22(30)26-24(32)27(23(25)31)11-10-17-6-4-3-5-7-17/h3-9,12,15-16,21H,10-11,13-14H2,1-2H3,(H,26,30,32)/t15-,16-,21-,25+/m0/s1. The molecule has 0 aromatic heterocycles. The number of anilines is 1. The average molecular weight is 479 g/mol. The van der Waals surface area contributed by atoms with Crippen molar-refractivity contribution >= 4 is 29.2 Å². The van der Waals surface area contributed by atoms with E-state index in [-0.39, 0.29) is 24.8 Å². The summed E-state index contributed by atoms with van der Waals surface area (Å²) >= 11 is 0. The number of rotatable bonds is 4. The molecule has 4 amide bonds. The molecule has 2 fully saturated rings. The molecule has 0 radical (unpaired) electrons. The predicted octanol–water partition coefficient (Wildman–Crippen LogP) is 2.44. The summed E-state index contributed by atoms with van der Waals surface area (Å²) in [6.07, 6.45) is -0.311. The van der Waals surface area contributed by atoms with Crippen LogP contribution in [0.5, 0.6) is 0 Å². The number of benzene rings is 2. The maximum Gasteiger partial charge on any atom is 0.330 e. The molecule has 3 aliphatic heterocycles. The number of hydrogen-bond donors (Lipinski definition) is 1. The van der Waals surface area contributed by atoms with Crippen molar-refractivity contribution in [3.8, 4) is 0 Å². The third kappa shape index (κ3) is 3.65. The third-order valence-electron chi connectivity index (χ3n) is 7.20. The molecule has 1 N–H and O–H groups in total. The fourth-order valence-corrected chi connectivity index (χ4v) is 5.77. The van der Waals surface area contributed by atoms with Gasteiger partial charge in [0.15, 0.2) is 5.41 Å². The zero-order chi connectivity index (χ0) is 24.9. The van der Waals surface area contributed by atoms with E-state index in [2.05, 4.69) is 5.32 Å². The van der Waals surface area contributed by atoms with Gasteiger partial charge < -0.3 is 9.64 Å². The second kappa shape index (κ2) is 8.46. The second-order valence-corrected chi connectivity index (χ2v) is 9.42. The number of urea groups is 1. The molecule has 3 heterocycles. The summed E-state index contributed by atoms with van der Waals surface area (Å²) in [5.41, 5.74) is 0.437.